The highest BCUT2D eigenvalue weighted by Gasteiger charge is 2.26. The largest absolute Gasteiger partial charge is 0.481 e. The monoisotopic (exact) mass is 389 g/mol. The molecule has 0 spiro atoms. The Labute approximate surface area is 159 Å². The Bertz CT molecular complexity index is 920. The van der Waals surface area contributed by atoms with Crippen LogP contribution >= 0.6 is 0 Å². The normalized spacial score (nSPS) is 11.8. The number of rotatable bonds is 8. The van der Waals surface area contributed by atoms with Gasteiger partial charge in [-0.25, -0.2) is 8.42 Å². The second-order valence-electron chi connectivity index (χ2n) is 6.97. The average Bonchev–Trinajstić information content (AvgIpc) is 2.62. The van der Waals surface area contributed by atoms with Gasteiger partial charge in [0.2, 0.25) is 0 Å². The minimum Gasteiger partial charge on any atom is -0.481 e. The summed E-state index contributed by atoms with van der Waals surface area (Å²) in [5.74, 6) is -1.52. The number of hydrogen-bond acceptors (Lipinski definition) is 4. The van der Waals surface area contributed by atoms with Crippen LogP contribution in [0.15, 0.2) is 59.5 Å². The fourth-order valence-corrected chi connectivity index (χ4v) is 3.80. The van der Waals surface area contributed by atoms with E-state index in [1.54, 1.807) is 38.1 Å². The summed E-state index contributed by atoms with van der Waals surface area (Å²) in [6.07, 6.45) is 0.264. The van der Waals surface area contributed by atoms with Gasteiger partial charge in [-0.1, -0.05) is 36.4 Å². The molecule has 0 radical (unpaired) electrons. The summed E-state index contributed by atoms with van der Waals surface area (Å²) >= 11 is 0. The SMILES string of the molecule is CC(C)(CCNC(=O)c1cccc(S(=O)(=O)Cc2ccccc2)c1)C(=O)O. The van der Waals surface area contributed by atoms with Gasteiger partial charge in [0.15, 0.2) is 9.84 Å². The molecular formula is C20H23NO5S. The summed E-state index contributed by atoms with van der Waals surface area (Å²) < 4.78 is 25.2. The molecule has 0 fully saturated rings. The van der Waals surface area contributed by atoms with Crippen LogP contribution in [0.4, 0.5) is 0 Å². The van der Waals surface area contributed by atoms with Gasteiger partial charge in [0.05, 0.1) is 16.1 Å². The van der Waals surface area contributed by atoms with Crippen molar-refractivity contribution in [3.8, 4) is 0 Å². The van der Waals surface area contributed by atoms with Crippen molar-refractivity contribution in [3.63, 3.8) is 0 Å². The van der Waals surface area contributed by atoms with Crippen LogP contribution in [-0.4, -0.2) is 31.9 Å². The van der Waals surface area contributed by atoms with Crippen molar-refractivity contribution in [2.75, 3.05) is 6.54 Å². The fraction of sp³-hybridized carbons (Fsp3) is 0.300. The van der Waals surface area contributed by atoms with Gasteiger partial charge < -0.3 is 10.4 Å². The molecule has 0 atom stereocenters. The van der Waals surface area contributed by atoms with E-state index in [2.05, 4.69) is 5.32 Å². The third-order valence-corrected chi connectivity index (χ3v) is 5.95. The number of carbonyl (C=O) groups is 2. The van der Waals surface area contributed by atoms with Crippen LogP contribution in [0.2, 0.25) is 0 Å². The van der Waals surface area contributed by atoms with Crippen LogP contribution in [0.25, 0.3) is 0 Å². The van der Waals surface area contributed by atoms with Crippen LogP contribution in [0.1, 0.15) is 36.2 Å². The predicted octanol–water partition coefficient (Wildman–Crippen LogP) is 2.89. The number of benzene rings is 2. The summed E-state index contributed by atoms with van der Waals surface area (Å²) in [6, 6.07) is 14.7. The molecule has 0 saturated heterocycles. The van der Waals surface area contributed by atoms with Crippen LogP contribution < -0.4 is 5.32 Å². The predicted molar refractivity (Wildman–Crippen MR) is 102 cm³/mol. The third-order valence-electron chi connectivity index (χ3n) is 4.27. The molecule has 0 saturated carbocycles. The molecule has 2 N–H and O–H groups in total. The first-order valence-electron chi connectivity index (χ1n) is 8.50. The summed E-state index contributed by atoms with van der Waals surface area (Å²) in [5, 5.41) is 11.7. The van der Waals surface area contributed by atoms with Gasteiger partial charge >= 0.3 is 5.97 Å². The Morgan fingerprint density at radius 3 is 2.33 bits per heavy atom. The van der Waals surface area contributed by atoms with E-state index in [1.807, 2.05) is 6.07 Å². The second kappa shape index (κ2) is 8.35. The minimum absolute atomic E-state index is 0.0740. The molecule has 2 rings (SSSR count). The summed E-state index contributed by atoms with van der Waals surface area (Å²) in [5.41, 5.74) is -0.0609. The number of nitrogens with one attached hydrogen (secondary N) is 1. The molecule has 7 heteroatoms. The van der Waals surface area contributed by atoms with Gasteiger partial charge in [-0.3, -0.25) is 9.59 Å². The van der Waals surface area contributed by atoms with Crippen LogP contribution in [-0.2, 0) is 20.4 Å². The Morgan fingerprint density at radius 1 is 1.04 bits per heavy atom. The fourth-order valence-electron chi connectivity index (χ4n) is 2.41. The lowest BCUT2D eigenvalue weighted by Gasteiger charge is -2.18. The maximum absolute atomic E-state index is 12.6. The van der Waals surface area contributed by atoms with Crippen molar-refractivity contribution in [1.82, 2.24) is 5.32 Å². The molecule has 27 heavy (non-hydrogen) atoms. The highest BCUT2D eigenvalue weighted by molar-refractivity contribution is 7.90. The Hall–Kier alpha value is -2.67. The smallest absolute Gasteiger partial charge is 0.309 e. The molecule has 144 valence electrons. The van der Waals surface area contributed by atoms with Crippen molar-refractivity contribution in [2.24, 2.45) is 5.41 Å². The van der Waals surface area contributed by atoms with Gasteiger partial charge in [-0.15, -0.1) is 0 Å². The third kappa shape index (κ3) is 5.65. The van der Waals surface area contributed by atoms with Gasteiger partial charge in [0, 0.05) is 12.1 Å². The van der Waals surface area contributed by atoms with Crippen LogP contribution in [0.5, 0.6) is 0 Å². The first kappa shape index (κ1) is 20.6. The zero-order valence-corrected chi connectivity index (χ0v) is 16.1. The molecule has 0 aliphatic heterocycles. The molecule has 0 unspecified atom stereocenters. The van der Waals surface area contributed by atoms with Crippen molar-refractivity contribution < 1.29 is 23.1 Å². The average molecular weight is 389 g/mol. The number of carboxylic acid groups (broad SMARTS) is 1. The van der Waals surface area contributed by atoms with Crippen molar-refractivity contribution in [1.29, 1.82) is 0 Å². The van der Waals surface area contributed by atoms with E-state index < -0.39 is 27.1 Å². The lowest BCUT2D eigenvalue weighted by atomic mass is 9.90. The molecule has 1 amide bonds. The number of aliphatic carboxylic acids is 1. The number of carbonyl (C=O) groups excluding carboxylic acids is 1. The van der Waals surface area contributed by atoms with Gasteiger partial charge in [0.1, 0.15) is 0 Å². The Kier molecular flexibility index (Phi) is 6.38. The zero-order chi connectivity index (χ0) is 20.1. The standard InChI is InChI=1S/C20H23NO5S/c1-20(2,19(23)24)11-12-21-18(22)16-9-6-10-17(13-16)27(25,26)14-15-7-4-3-5-8-15/h3-10,13H,11-12,14H2,1-2H3,(H,21,22)(H,23,24). The van der Waals surface area contributed by atoms with Crippen LogP contribution in [0, 0.1) is 5.41 Å². The lowest BCUT2D eigenvalue weighted by molar-refractivity contribution is -0.147. The van der Waals surface area contributed by atoms with Crippen molar-refractivity contribution >= 4 is 21.7 Å². The molecule has 0 bridgehead atoms. The van der Waals surface area contributed by atoms with E-state index >= 15 is 0 Å². The molecule has 0 aromatic heterocycles. The number of sulfone groups is 1. The van der Waals surface area contributed by atoms with Crippen molar-refractivity contribution in [3.05, 3.63) is 65.7 Å². The van der Waals surface area contributed by atoms with E-state index in [0.717, 1.165) is 0 Å². The number of hydrogen-bond donors (Lipinski definition) is 2. The second-order valence-corrected chi connectivity index (χ2v) is 8.96. The number of carboxylic acids is 1. The molecule has 2 aromatic rings. The van der Waals surface area contributed by atoms with Crippen molar-refractivity contribution in [2.45, 2.75) is 30.9 Å². The molecule has 0 heterocycles. The first-order chi connectivity index (χ1) is 12.6. The quantitative estimate of drug-likeness (QED) is 0.723. The highest BCUT2D eigenvalue weighted by atomic mass is 32.2. The highest BCUT2D eigenvalue weighted by Crippen LogP contribution is 2.20. The summed E-state index contributed by atoms with van der Waals surface area (Å²) in [7, 11) is -3.58. The zero-order valence-electron chi connectivity index (χ0n) is 15.3. The summed E-state index contributed by atoms with van der Waals surface area (Å²) in [6.45, 7) is 3.34. The van der Waals surface area contributed by atoms with Gasteiger partial charge in [-0.05, 0) is 44.0 Å². The maximum atomic E-state index is 12.6. The van der Waals surface area contributed by atoms with E-state index in [4.69, 9.17) is 5.11 Å². The molecule has 0 aliphatic rings. The molecule has 6 nitrogen and oxygen atoms in total. The Balaban J connectivity index is 2.08. The molecular weight excluding hydrogens is 366 g/mol. The topological polar surface area (TPSA) is 101 Å². The van der Waals surface area contributed by atoms with E-state index in [1.165, 1.54) is 24.3 Å². The summed E-state index contributed by atoms with van der Waals surface area (Å²) in [4.78, 5) is 23.5. The van der Waals surface area contributed by atoms with E-state index in [0.29, 0.717) is 5.56 Å². The van der Waals surface area contributed by atoms with Crippen LogP contribution in [0.3, 0.4) is 0 Å². The lowest BCUT2D eigenvalue weighted by Crippen LogP contribution is -2.32. The van der Waals surface area contributed by atoms with Gasteiger partial charge in [0.25, 0.3) is 5.91 Å². The van der Waals surface area contributed by atoms with Gasteiger partial charge in [-0.2, -0.15) is 0 Å². The Morgan fingerprint density at radius 2 is 1.70 bits per heavy atom. The molecule has 2 aromatic carbocycles. The molecule has 0 aliphatic carbocycles. The van der Waals surface area contributed by atoms with E-state index in [-0.39, 0.29) is 29.2 Å². The maximum Gasteiger partial charge on any atom is 0.309 e. The first-order valence-corrected chi connectivity index (χ1v) is 10.2. The number of amides is 1. The van der Waals surface area contributed by atoms with E-state index in [9.17, 15) is 18.0 Å². The minimum atomic E-state index is -3.58.